The van der Waals surface area contributed by atoms with E-state index in [1.54, 1.807) is 7.11 Å². The molecule has 0 aromatic heterocycles. The molecule has 0 bridgehead atoms. The summed E-state index contributed by atoms with van der Waals surface area (Å²) in [6.45, 7) is 6.88. The van der Waals surface area contributed by atoms with E-state index in [1.807, 2.05) is 12.1 Å². The molecule has 0 N–H and O–H groups in total. The van der Waals surface area contributed by atoms with E-state index in [9.17, 15) is 0 Å². The second-order valence-corrected chi connectivity index (χ2v) is 5.28. The number of benzene rings is 1. The molecule has 0 saturated carbocycles. The average Bonchev–Trinajstić information content (AvgIpc) is 2.29. The Balaban J connectivity index is 2.97. The maximum Gasteiger partial charge on any atom is 0.118 e. The summed E-state index contributed by atoms with van der Waals surface area (Å²) in [4.78, 5) is 2.30. The summed E-state index contributed by atoms with van der Waals surface area (Å²) in [6.07, 6.45) is 0. The van der Waals surface area contributed by atoms with E-state index in [0.717, 1.165) is 5.75 Å². The average molecular weight is 235 g/mol. The van der Waals surface area contributed by atoms with Crippen LogP contribution in [0.25, 0.3) is 0 Å². The minimum Gasteiger partial charge on any atom is -0.497 e. The zero-order valence-electron chi connectivity index (χ0n) is 11.9. The van der Waals surface area contributed by atoms with E-state index in [4.69, 9.17) is 4.74 Å². The van der Waals surface area contributed by atoms with Crippen molar-refractivity contribution >= 4 is 0 Å². The van der Waals surface area contributed by atoms with Crippen molar-refractivity contribution in [1.29, 1.82) is 0 Å². The van der Waals surface area contributed by atoms with Crippen molar-refractivity contribution in [3.05, 3.63) is 29.8 Å². The second-order valence-electron chi connectivity index (χ2n) is 5.28. The molecule has 0 heterocycles. The molecule has 0 fully saturated rings. The molecule has 2 atom stereocenters. The largest absolute Gasteiger partial charge is 0.497 e. The molecule has 0 aliphatic heterocycles. The molecular weight excluding hydrogens is 210 g/mol. The Morgan fingerprint density at radius 1 is 1.00 bits per heavy atom. The minimum atomic E-state index is 0.459. The number of ether oxygens (including phenoxy) is 1. The van der Waals surface area contributed by atoms with Crippen molar-refractivity contribution in [3.63, 3.8) is 0 Å². The minimum absolute atomic E-state index is 0.459. The molecule has 96 valence electrons. The predicted molar refractivity (Wildman–Crippen MR) is 73.4 cm³/mol. The Morgan fingerprint density at radius 3 is 1.88 bits per heavy atom. The monoisotopic (exact) mass is 235 g/mol. The van der Waals surface area contributed by atoms with Gasteiger partial charge < -0.3 is 9.64 Å². The first-order valence-corrected chi connectivity index (χ1v) is 6.27. The second kappa shape index (κ2) is 6.06. The fraction of sp³-hybridized carbons (Fsp3) is 0.600. The highest BCUT2D eigenvalue weighted by Gasteiger charge is 2.23. The smallest absolute Gasteiger partial charge is 0.118 e. The number of hydrogen-bond donors (Lipinski definition) is 0. The van der Waals surface area contributed by atoms with Crippen LogP contribution in [0.1, 0.15) is 32.4 Å². The van der Waals surface area contributed by atoms with Gasteiger partial charge in [-0.15, -0.1) is 0 Å². The van der Waals surface area contributed by atoms with Crippen LogP contribution in [-0.2, 0) is 0 Å². The first kappa shape index (κ1) is 14.0. The maximum atomic E-state index is 5.20. The summed E-state index contributed by atoms with van der Waals surface area (Å²) in [6, 6.07) is 8.88. The summed E-state index contributed by atoms with van der Waals surface area (Å²) in [5, 5.41) is 0. The number of nitrogens with zero attached hydrogens (tertiary/aromatic N) is 1. The lowest BCUT2D eigenvalue weighted by molar-refractivity contribution is 0.184. The van der Waals surface area contributed by atoms with Crippen LogP contribution in [0.3, 0.4) is 0 Å². The van der Waals surface area contributed by atoms with Crippen molar-refractivity contribution in [1.82, 2.24) is 4.90 Å². The van der Waals surface area contributed by atoms with Crippen molar-refractivity contribution < 1.29 is 4.74 Å². The van der Waals surface area contributed by atoms with Gasteiger partial charge in [-0.05, 0) is 43.6 Å². The van der Waals surface area contributed by atoms with Crippen molar-refractivity contribution in [3.8, 4) is 5.75 Å². The fourth-order valence-electron chi connectivity index (χ4n) is 2.24. The normalized spacial score (nSPS) is 15.1. The maximum absolute atomic E-state index is 5.20. The Hall–Kier alpha value is -1.02. The molecule has 1 aromatic carbocycles. The molecule has 0 aliphatic rings. The highest BCUT2D eigenvalue weighted by Crippen LogP contribution is 2.32. The van der Waals surface area contributed by atoms with Gasteiger partial charge in [-0.2, -0.15) is 0 Å². The highest BCUT2D eigenvalue weighted by atomic mass is 16.5. The summed E-state index contributed by atoms with van der Waals surface area (Å²) in [5.41, 5.74) is 1.36. The van der Waals surface area contributed by atoms with Crippen LogP contribution in [0.4, 0.5) is 0 Å². The van der Waals surface area contributed by atoms with Gasteiger partial charge in [0, 0.05) is 6.04 Å². The van der Waals surface area contributed by atoms with Gasteiger partial charge in [-0.25, -0.2) is 0 Å². The third kappa shape index (κ3) is 3.47. The van der Waals surface area contributed by atoms with Crippen LogP contribution in [0.2, 0.25) is 0 Å². The van der Waals surface area contributed by atoms with Crippen LogP contribution in [-0.4, -0.2) is 26.1 Å². The van der Waals surface area contributed by atoms with Crippen LogP contribution in [0, 0.1) is 11.8 Å². The van der Waals surface area contributed by atoms with E-state index in [-0.39, 0.29) is 0 Å². The van der Waals surface area contributed by atoms with Gasteiger partial charge in [0.05, 0.1) is 7.11 Å². The van der Waals surface area contributed by atoms with Crippen molar-refractivity contribution in [2.75, 3.05) is 21.2 Å². The highest BCUT2D eigenvalue weighted by molar-refractivity contribution is 5.29. The van der Waals surface area contributed by atoms with Crippen LogP contribution in [0.5, 0.6) is 5.75 Å². The van der Waals surface area contributed by atoms with Crippen LogP contribution >= 0.6 is 0 Å². The molecule has 0 amide bonds. The van der Waals surface area contributed by atoms with E-state index in [1.165, 1.54) is 5.56 Å². The summed E-state index contributed by atoms with van der Waals surface area (Å²) >= 11 is 0. The molecule has 0 unspecified atom stereocenters. The summed E-state index contributed by atoms with van der Waals surface area (Å²) < 4.78 is 5.20. The number of methoxy groups -OCH3 is 1. The Morgan fingerprint density at radius 2 is 1.53 bits per heavy atom. The number of hydrogen-bond acceptors (Lipinski definition) is 2. The molecule has 0 radical (unpaired) electrons. The molecule has 2 heteroatoms. The third-order valence-corrected chi connectivity index (χ3v) is 3.56. The van der Waals surface area contributed by atoms with E-state index < -0.39 is 0 Å². The lowest BCUT2D eigenvalue weighted by Crippen LogP contribution is -2.28. The van der Waals surface area contributed by atoms with Crippen LogP contribution < -0.4 is 4.74 Å². The van der Waals surface area contributed by atoms with E-state index >= 15 is 0 Å². The molecule has 0 spiro atoms. The van der Waals surface area contributed by atoms with Gasteiger partial charge in [0.1, 0.15) is 5.75 Å². The molecule has 1 rings (SSSR count). The van der Waals surface area contributed by atoms with Gasteiger partial charge in [0.25, 0.3) is 0 Å². The number of rotatable bonds is 5. The lowest BCUT2D eigenvalue weighted by atomic mass is 9.85. The van der Waals surface area contributed by atoms with E-state index in [2.05, 4.69) is 51.9 Å². The Labute approximate surface area is 106 Å². The first-order chi connectivity index (χ1) is 7.97. The molecule has 0 aliphatic carbocycles. The quantitative estimate of drug-likeness (QED) is 0.773. The van der Waals surface area contributed by atoms with Crippen molar-refractivity contribution in [2.24, 2.45) is 11.8 Å². The predicted octanol–water partition coefficient (Wildman–Crippen LogP) is 3.59. The first-order valence-electron chi connectivity index (χ1n) is 6.27. The van der Waals surface area contributed by atoms with Gasteiger partial charge in [0.2, 0.25) is 0 Å². The molecule has 2 nitrogen and oxygen atoms in total. The third-order valence-electron chi connectivity index (χ3n) is 3.56. The van der Waals surface area contributed by atoms with Gasteiger partial charge >= 0.3 is 0 Å². The molecular formula is C15H25NO. The Bertz CT molecular complexity index is 329. The standard InChI is InChI=1S/C15H25NO/c1-11(2)12(3)15(16(4)5)13-7-9-14(17-6)10-8-13/h7-12,15H,1-6H3/t12-,15-/m1/s1. The van der Waals surface area contributed by atoms with Gasteiger partial charge in [-0.3, -0.25) is 0 Å². The summed E-state index contributed by atoms with van der Waals surface area (Å²) in [5.74, 6) is 2.21. The van der Waals surface area contributed by atoms with Crippen molar-refractivity contribution in [2.45, 2.75) is 26.8 Å². The van der Waals surface area contributed by atoms with Gasteiger partial charge in [-0.1, -0.05) is 32.9 Å². The topological polar surface area (TPSA) is 12.5 Å². The molecule has 1 aromatic rings. The van der Waals surface area contributed by atoms with Crippen LogP contribution in [0.15, 0.2) is 24.3 Å². The molecule has 0 saturated heterocycles. The Kier molecular flexibility index (Phi) is 5.01. The fourth-order valence-corrected chi connectivity index (χ4v) is 2.24. The molecule has 17 heavy (non-hydrogen) atoms. The van der Waals surface area contributed by atoms with E-state index in [0.29, 0.717) is 17.9 Å². The SMILES string of the molecule is COc1ccc([C@@H]([C@H](C)C(C)C)N(C)C)cc1. The zero-order valence-corrected chi connectivity index (χ0v) is 11.9. The zero-order chi connectivity index (χ0) is 13.0. The summed E-state index contributed by atoms with van der Waals surface area (Å²) in [7, 11) is 6.00. The lowest BCUT2D eigenvalue weighted by Gasteiger charge is -2.33. The van der Waals surface area contributed by atoms with Gasteiger partial charge in [0.15, 0.2) is 0 Å².